The van der Waals surface area contributed by atoms with Crippen molar-refractivity contribution in [2.75, 3.05) is 13.7 Å². The van der Waals surface area contributed by atoms with Crippen molar-refractivity contribution in [3.8, 4) is 5.75 Å². The molecule has 0 aromatic heterocycles. The van der Waals surface area contributed by atoms with Crippen molar-refractivity contribution in [1.82, 2.24) is 5.32 Å². The Labute approximate surface area is 148 Å². The van der Waals surface area contributed by atoms with Crippen molar-refractivity contribution in [3.63, 3.8) is 0 Å². The second-order valence-electron chi connectivity index (χ2n) is 6.06. The predicted octanol–water partition coefficient (Wildman–Crippen LogP) is 3.41. The van der Waals surface area contributed by atoms with Gasteiger partial charge in [0.15, 0.2) is 6.10 Å². The molecule has 2 atom stereocenters. The van der Waals surface area contributed by atoms with Crippen LogP contribution >= 0.6 is 0 Å². The highest BCUT2D eigenvalue weighted by molar-refractivity contribution is 5.88. The summed E-state index contributed by atoms with van der Waals surface area (Å²) in [6.45, 7) is 5.91. The standard InChI is InChI=1S/C20H25NO4/c1-5-10-21-19(22)14(3)25-20(23)13(2)15-6-7-17-12-18(24-4)9-8-16(17)11-15/h6-9,11-14H,5,10H2,1-4H3,(H,21,22)/t13-,14+/m0/s1. The zero-order chi connectivity index (χ0) is 18.4. The number of rotatable bonds is 7. The van der Waals surface area contributed by atoms with E-state index in [4.69, 9.17) is 9.47 Å². The van der Waals surface area contributed by atoms with E-state index in [1.54, 1.807) is 21.0 Å². The van der Waals surface area contributed by atoms with E-state index in [1.165, 1.54) is 0 Å². The number of benzene rings is 2. The van der Waals surface area contributed by atoms with Crippen LogP contribution in [-0.4, -0.2) is 31.6 Å². The van der Waals surface area contributed by atoms with E-state index in [2.05, 4.69) is 5.32 Å². The predicted molar refractivity (Wildman–Crippen MR) is 97.8 cm³/mol. The number of ether oxygens (including phenoxy) is 2. The molecule has 134 valence electrons. The second-order valence-corrected chi connectivity index (χ2v) is 6.06. The molecule has 1 amide bonds. The molecule has 0 saturated carbocycles. The highest BCUT2D eigenvalue weighted by Gasteiger charge is 2.23. The Bertz CT molecular complexity index is 756. The summed E-state index contributed by atoms with van der Waals surface area (Å²) in [4.78, 5) is 24.2. The smallest absolute Gasteiger partial charge is 0.313 e. The van der Waals surface area contributed by atoms with Crippen molar-refractivity contribution in [2.24, 2.45) is 0 Å². The number of carbonyl (C=O) groups is 2. The molecule has 0 aliphatic heterocycles. The number of hydrogen-bond donors (Lipinski definition) is 1. The Morgan fingerprint density at radius 1 is 1.08 bits per heavy atom. The molecule has 0 bridgehead atoms. The van der Waals surface area contributed by atoms with Gasteiger partial charge in [0.1, 0.15) is 5.75 Å². The van der Waals surface area contributed by atoms with Crippen LogP contribution in [0.1, 0.15) is 38.7 Å². The van der Waals surface area contributed by atoms with Crippen LogP contribution in [0.4, 0.5) is 0 Å². The van der Waals surface area contributed by atoms with Gasteiger partial charge < -0.3 is 14.8 Å². The Morgan fingerprint density at radius 3 is 2.44 bits per heavy atom. The first-order chi connectivity index (χ1) is 12.0. The van der Waals surface area contributed by atoms with Gasteiger partial charge in [0.2, 0.25) is 0 Å². The summed E-state index contributed by atoms with van der Waals surface area (Å²) in [6, 6.07) is 11.6. The van der Waals surface area contributed by atoms with Crippen LogP contribution in [0, 0.1) is 0 Å². The fourth-order valence-electron chi connectivity index (χ4n) is 2.50. The molecule has 2 aromatic carbocycles. The number of methoxy groups -OCH3 is 1. The third-order valence-electron chi connectivity index (χ3n) is 4.14. The molecule has 1 N–H and O–H groups in total. The molecule has 0 heterocycles. The minimum atomic E-state index is -0.800. The lowest BCUT2D eigenvalue weighted by Gasteiger charge is -2.17. The van der Waals surface area contributed by atoms with Crippen LogP contribution in [-0.2, 0) is 14.3 Å². The average Bonchev–Trinajstić information content (AvgIpc) is 2.64. The lowest BCUT2D eigenvalue weighted by Crippen LogP contribution is -2.36. The summed E-state index contributed by atoms with van der Waals surface area (Å²) >= 11 is 0. The van der Waals surface area contributed by atoms with Gasteiger partial charge in [-0.2, -0.15) is 0 Å². The summed E-state index contributed by atoms with van der Waals surface area (Å²) in [5.74, 6) is -0.340. The van der Waals surface area contributed by atoms with Crippen molar-refractivity contribution in [3.05, 3.63) is 42.0 Å². The van der Waals surface area contributed by atoms with E-state index < -0.39 is 18.0 Å². The van der Waals surface area contributed by atoms with Crippen LogP contribution in [0.5, 0.6) is 5.75 Å². The van der Waals surface area contributed by atoms with Gasteiger partial charge in [-0.1, -0.05) is 31.2 Å². The van der Waals surface area contributed by atoms with Gasteiger partial charge >= 0.3 is 5.97 Å². The van der Waals surface area contributed by atoms with Crippen molar-refractivity contribution >= 4 is 22.6 Å². The molecule has 5 heteroatoms. The number of amides is 1. The lowest BCUT2D eigenvalue weighted by molar-refractivity contribution is -0.155. The van der Waals surface area contributed by atoms with Gasteiger partial charge in [-0.25, -0.2) is 0 Å². The maximum absolute atomic E-state index is 12.3. The monoisotopic (exact) mass is 343 g/mol. The Balaban J connectivity index is 2.08. The van der Waals surface area contributed by atoms with Gasteiger partial charge in [-0.3, -0.25) is 9.59 Å². The molecule has 0 unspecified atom stereocenters. The molecule has 0 saturated heterocycles. The SMILES string of the molecule is CCCNC(=O)[C@@H](C)OC(=O)[C@@H](C)c1ccc2cc(OC)ccc2c1. The largest absolute Gasteiger partial charge is 0.497 e. The number of nitrogens with one attached hydrogen (secondary N) is 1. The van der Waals surface area contributed by atoms with E-state index >= 15 is 0 Å². The highest BCUT2D eigenvalue weighted by Crippen LogP contribution is 2.26. The number of esters is 1. The van der Waals surface area contributed by atoms with Gasteiger partial charge in [0.05, 0.1) is 13.0 Å². The van der Waals surface area contributed by atoms with Crippen LogP contribution in [0.2, 0.25) is 0 Å². The molecule has 0 radical (unpaired) electrons. The molecule has 0 aliphatic rings. The number of carbonyl (C=O) groups excluding carboxylic acids is 2. The first-order valence-electron chi connectivity index (χ1n) is 8.52. The van der Waals surface area contributed by atoms with Crippen molar-refractivity contribution in [1.29, 1.82) is 0 Å². The molecular weight excluding hydrogens is 318 g/mol. The summed E-state index contributed by atoms with van der Waals surface area (Å²) in [6.07, 6.45) is 0.0382. The topological polar surface area (TPSA) is 64.6 Å². The van der Waals surface area contributed by atoms with E-state index in [1.807, 2.05) is 43.3 Å². The zero-order valence-corrected chi connectivity index (χ0v) is 15.2. The first-order valence-corrected chi connectivity index (χ1v) is 8.52. The molecule has 2 aromatic rings. The van der Waals surface area contributed by atoms with E-state index in [0.717, 1.165) is 28.5 Å². The maximum Gasteiger partial charge on any atom is 0.313 e. The van der Waals surface area contributed by atoms with E-state index in [9.17, 15) is 9.59 Å². The lowest BCUT2D eigenvalue weighted by atomic mass is 9.98. The van der Waals surface area contributed by atoms with Crippen LogP contribution in [0.15, 0.2) is 36.4 Å². The van der Waals surface area contributed by atoms with Gasteiger partial charge in [-0.15, -0.1) is 0 Å². The minimum Gasteiger partial charge on any atom is -0.497 e. The molecule has 25 heavy (non-hydrogen) atoms. The zero-order valence-electron chi connectivity index (χ0n) is 15.2. The quantitative estimate of drug-likeness (QED) is 0.783. The van der Waals surface area contributed by atoms with Gasteiger partial charge in [-0.05, 0) is 48.7 Å². The Hall–Kier alpha value is -2.56. The third-order valence-corrected chi connectivity index (χ3v) is 4.14. The summed E-state index contributed by atoms with van der Waals surface area (Å²) in [7, 11) is 1.63. The fraction of sp³-hybridized carbons (Fsp3) is 0.400. The van der Waals surface area contributed by atoms with E-state index in [-0.39, 0.29) is 5.91 Å². The molecule has 0 spiro atoms. The normalized spacial score (nSPS) is 13.1. The van der Waals surface area contributed by atoms with Crippen LogP contribution in [0.25, 0.3) is 10.8 Å². The third kappa shape index (κ3) is 4.72. The first kappa shape index (κ1) is 18.8. The summed E-state index contributed by atoms with van der Waals surface area (Å²) in [5, 5.41) is 4.78. The molecule has 0 fully saturated rings. The molecule has 0 aliphatic carbocycles. The number of hydrogen-bond acceptors (Lipinski definition) is 4. The van der Waals surface area contributed by atoms with Crippen LogP contribution < -0.4 is 10.1 Å². The van der Waals surface area contributed by atoms with E-state index in [0.29, 0.717) is 6.54 Å². The average molecular weight is 343 g/mol. The van der Waals surface area contributed by atoms with Crippen molar-refractivity contribution in [2.45, 2.75) is 39.2 Å². The summed E-state index contributed by atoms with van der Waals surface area (Å²) < 4.78 is 10.5. The Kier molecular flexibility index (Phi) is 6.39. The molecular formula is C20H25NO4. The second kappa shape index (κ2) is 8.51. The fourth-order valence-corrected chi connectivity index (χ4v) is 2.50. The van der Waals surface area contributed by atoms with Crippen molar-refractivity contribution < 1.29 is 19.1 Å². The highest BCUT2D eigenvalue weighted by atomic mass is 16.5. The maximum atomic E-state index is 12.3. The van der Waals surface area contributed by atoms with Gasteiger partial charge in [0.25, 0.3) is 5.91 Å². The Morgan fingerprint density at radius 2 is 1.76 bits per heavy atom. The minimum absolute atomic E-state index is 0.270. The summed E-state index contributed by atoms with van der Waals surface area (Å²) in [5.41, 5.74) is 0.851. The van der Waals surface area contributed by atoms with Gasteiger partial charge in [0, 0.05) is 6.54 Å². The molecule has 5 nitrogen and oxygen atoms in total. The van der Waals surface area contributed by atoms with Crippen LogP contribution in [0.3, 0.4) is 0 Å². The molecule has 2 rings (SSSR count). The number of fused-ring (bicyclic) bond motifs is 1.